The van der Waals surface area contributed by atoms with Gasteiger partial charge in [0, 0.05) is 109 Å². The summed E-state index contributed by atoms with van der Waals surface area (Å²) in [5.41, 5.74) is 12.6. The van der Waals surface area contributed by atoms with Crippen LogP contribution in [-0.2, 0) is 35.5 Å². The molecule has 18 heteroatoms. The van der Waals surface area contributed by atoms with Crippen molar-refractivity contribution in [1.29, 1.82) is 0 Å². The highest BCUT2D eigenvalue weighted by molar-refractivity contribution is 8.00. The number of aliphatic carboxylic acids is 1. The number of aromatic nitrogens is 6. The average Bonchev–Trinajstić information content (AvgIpc) is 1.72. The van der Waals surface area contributed by atoms with Crippen LogP contribution in [0.15, 0.2) is 217 Å². The Morgan fingerprint density at radius 3 is 1.22 bits per heavy atom. The third kappa shape index (κ3) is 24.9. The number of carboxylic acid groups (broad SMARTS) is 1. The number of thioether (sulfide) groups is 2. The molecule has 0 saturated carbocycles. The predicted molar refractivity (Wildman–Crippen MR) is 421 cm³/mol. The number of fused-ring (bicyclic) bond motifs is 2. The number of piperazine rings is 2. The molecule has 2 aliphatic rings. The summed E-state index contributed by atoms with van der Waals surface area (Å²) in [5.74, 6) is 1.33. The van der Waals surface area contributed by atoms with Crippen LogP contribution in [0.5, 0.6) is 0 Å². The second kappa shape index (κ2) is 41.8. The molecule has 8 aromatic carbocycles. The summed E-state index contributed by atoms with van der Waals surface area (Å²) in [4.78, 5) is 36.4. The second-order valence-electron chi connectivity index (χ2n) is 26.6. The smallest absolute Gasteiger partial charge is 0.313 e. The molecule has 2 fully saturated rings. The number of benzene rings is 8. The lowest BCUT2D eigenvalue weighted by Gasteiger charge is -2.32. The number of carbonyl (C=O) groups excluding carboxylic acids is 1. The molecular weight excluding hydrogens is 1290 g/mol. The minimum absolute atomic E-state index is 0. The average molecular weight is 1400 g/mol. The van der Waals surface area contributed by atoms with Gasteiger partial charge in [-0.15, -0.1) is 20.4 Å². The van der Waals surface area contributed by atoms with E-state index in [-0.39, 0.29) is 30.9 Å². The fourth-order valence-corrected chi connectivity index (χ4v) is 14.6. The molecule has 0 unspecified atom stereocenters. The van der Waals surface area contributed by atoms with Crippen LogP contribution in [0.1, 0.15) is 112 Å². The number of carbonyl (C=O) groups is 2. The Morgan fingerprint density at radius 2 is 0.861 bits per heavy atom. The van der Waals surface area contributed by atoms with Crippen molar-refractivity contribution < 1.29 is 14.7 Å². The van der Waals surface area contributed by atoms with Gasteiger partial charge in [-0.3, -0.25) is 14.5 Å². The van der Waals surface area contributed by atoms with Crippen LogP contribution in [0.25, 0.3) is 21.5 Å². The molecule has 2 aliphatic heterocycles. The maximum atomic E-state index is 12.9. The number of carboxylic acids is 1. The van der Waals surface area contributed by atoms with Crippen LogP contribution in [0.4, 0.5) is 0 Å². The van der Waals surface area contributed by atoms with Crippen molar-refractivity contribution in [3.63, 3.8) is 0 Å². The molecule has 101 heavy (non-hydrogen) atoms. The van der Waals surface area contributed by atoms with Gasteiger partial charge >= 0.3 is 5.97 Å². The predicted octanol–water partition coefficient (Wildman–Crippen LogP) is 14.1. The van der Waals surface area contributed by atoms with Gasteiger partial charge in [0.15, 0.2) is 10.3 Å². The SMILES string of the molecule is C.CCN(C(C)C)C(C)C.CN1CCN(CCCN)CC1.CN1CCN(CCCNC(=O)CSc2nnc(Cc3ccc4ccccc4c3)n2CC(c2ccccc2)c2ccccc2)CC1.O=C(O)CSc1nnc(Cc2ccc3ccccc3c2)n1CC(c1ccccc1)c1ccccc1. The maximum absolute atomic E-state index is 12.9. The van der Waals surface area contributed by atoms with Crippen molar-refractivity contribution in [2.24, 2.45) is 5.73 Å². The number of hydrogen-bond acceptors (Lipinski definition) is 14. The van der Waals surface area contributed by atoms with Gasteiger partial charge in [-0.1, -0.05) is 244 Å². The third-order valence-corrected chi connectivity index (χ3v) is 20.6. The summed E-state index contributed by atoms with van der Waals surface area (Å²) in [5, 5.41) is 36.8. The lowest BCUT2D eigenvalue weighted by atomic mass is 9.91. The Bertz CT molecular complexity index is 3920. The molecule has 2 aromatic heterocycles. The van der Waals surface area contributed by atoms with Crippen LogP contribution < -0.4 is 11.1 Å². The van der Waals surface area contributed by atoms with E-state index in [2.05, 4.69) is 261 Å². The van der Waals surface area contributed by atoms with E-state index in [1.165, 1.54) is 106 Å². The largest absolute Gasteiger partial charge is 0.481 e. The molecule has 1 amide bonds. The Hall–Kier alpha value is -8.04. The van der Waals surface area contributed by atoms with E-state index in [1.807, 2.05) is 48.5 Å². The van der Waals surface area contributed by atoms with E-state index in [0.717, 1.165) is 81.0 Å². The van der Waals surface area contributed by atoms with Gasteiger partial charge in [-0.2, -0.15) is 0 Å². The van der Waals surface area contributed by atoms with E-state index in [4.69, 9.17) is 10.8 Å². The van der Waals surface area contributed by atoms with Gasteiger partial charge in [-0.05, 0) is 136 Å². The van der Waals surface area contributed by atoms with Crippen molar-refractivity contribution >= 4 is 56.9 Å². The Labute approximate surface area is 610 Å². The molecule has 2 saturated heterocycles. The van der Waals surface area contributed by atoms with Crippen LogP contribution >= 0.6 is 23.5 Å². The number of nitrogens with zero attached hydrogens (tertiary/aromatic N) is 11. The van der Waals surface area contributed by atoms with Crippen molar-refractivity contribution in [1.82, 2.24) is 59.3 Å². The zero-order valence-corrected chi connectivity index (χ0v) is 61.5. The minimum Gasteiger partial charge on any atom is -0.481 e. The summed E-state index contributed by atoms with van der Waals surface area (Å²) in [6.07, 6.45) is 3.38. The minimum atomic E-state index is -0.872. The highest BCUT2D eigenvalue weighted by atomic mass is 32.2. The first-order valence-corrected chi connectivity index (χ1v) is 37.7. The van der Waals surface area contributed by atoms with Crippen molar-refractivity contribution in [3.8, 4) is 0 Å². The van der Waals surface area contributed by atoms with Crippen LogP contribution in [-0.4, -0.2) is 194 Å². The number of hydrogen-bond donors (Lipinski definition) is 3. The molecule has 0 atom stereocenters. The standard InChI is InChI=1S/C37H42N6OS.C29H25N3O2S.C8H19N3.C8H19N.CH4/c1-41-21-23-42(24-22-41)20-10-19-38-36(44)28-45-37-40-39-35(26-29-17-18-30-11-8-9-16-33(30)25-29)43(37)27-34(31-12-4-2-5-13-31)32-14-6-3-7-15-32;33-28(34)20-35-29-31-30-27(18-21-15-16-22-9-7-8-14-25(22)17-21)32(29)19-26(23-10-3-1-4-11-23)24-12-5-2-6-13-24;1-10-5-7-11(8-6-10)4-2-3-9;1-6-9(7(2)3)8(4)5;/h2-9,11-18,25,34H,10,19-24,26-28H2,1H3,(H,38,44);1-17,26H,18-20H2,(H,33,34);2-9H2,1H3;7-8H,6H2,1-5H3;1H4. The number of likely N-dealkylation sites (N-methyl/N-ethyl adjacent to an activating group) is 2. The first-order chi connectivity index (χ1) is 48.7. The Morgan fingerprint density at radius 1 is 0.495 bits per heavy atom. The summed E-state index contributed by atoms with van der Waals surface area (Å²) in [6.45, 7) is 26.6. The second-order valence-corrected chi connectivity index (χ2v) is 28.5. The zero-order valence-electron chi connectivity index (χ0n) is 59.9. The lowest BCUT2D eigenvalue weighted by molar-refractivity contribution is -0.134. The van der Waals surface area contributed by atoms with Gasteiger partial charge in [0.2, 0.25) is 5.91 Å². The Kier molecular flexibility index (Phi) is 32.5. The molecule has 4 N–H and O–H groups in total. The van der Waals surface area contributed by atoms with Crippen LogP contribution in [0, 0.1) is 0 Å². The topological polar surface area (TPSA) is 170 Å². The molecule has 0 bridgehead atoms. The molecule has 0 spiro atoms. The molecule has 12 rings (SSSR count). The maximum Gasteiger partial charge on any atom is 0.313 e. The first-order valence-electron chi connectivity index (χ1n) is 35.7. The summed E-state index contributed by atoms with van der Waals surface area (Å²) < 4.78 is 4.32. The van der Waals surface area contributed by atoms with E-state index in [9.17, 15) is 14.7 Å². The number of rotatable bonds is 28. The number of amides is 1. The van der Waals surface area contributed by atoms with Gasteiger partial charge in [0.25, 0.3) is 0 Å². The first kappa shape index (κ1) is 78.7. The van der Waals surface area contributed by atoms with Gasteiger partial charge < -0.3 is 44.9 Å². The van der Waals surface area contributed by atoms with E-state index < -0.39 is 5.97 Å². The van der Waals surface area contributed by atoms with Crippen LogP contribution in [0.3, 0.4) is 0 Å². The number of nitrogens with one attached hydrogen (secondary N) is 1. The fourth-order valence-electron chi connectivity index (χ4n) is 13.1. The molecule has 0 aliphatic carbocycles. The molecule has 10 aromatic rings. The molecular formula is C83H109N13O3S2. The van der Waals surface area contributed by atoms with E-state index in [1.54, 1.807) is 0 Å². The monoisotopic (exact) mass is 1400 g/mol. The Balaban J connectivity index is 0.000000203. The zero-order chi connectivity index (χ0) is 70.4. The van der Waals surface area contributed by atoms with Crippen LogP contribution in [0.2, 0.25) is 0 Å². The molecule has 4 heterocycles. The molecule has 0 radical (unpaired) electrons. The summed E-state index contributed by atoms with van der Waals surface area (Å²) in [6, 6.07) is 73.1. The quantitative estimate of drug-likeness (QED) is 0.0312. The summed E-state index contributed by atoms with van der Waals surface area (Å²) in [7, 11) is 4.35. The van der Waals surface area contributed by atoms with Gasteiger partial charge in [0.1, 0.15) is 11.6 Å². The summed E-state index contributed by atoms with van der Waals surface area (Å²) >= 11 is 2.68. The van der Waals surface area contributed by atoms with Crippen molar-refractivity contribution in [2.75, 3.05) is 111 Å². The van der Waals surface area contributed by atoms with E-state index >= 15 is 0 Å². The fraction of sp³-hybridized carbons (Fsp3) is 0.398. The lowest BCUT2D eigenvalue weighted by Crippen LogP contribution is -2.45. The highest BCUT2D eigenvalue weighted by Crippen LogP contribution is 2.33. The van der Waals surface area contributed by atoms with Crippen molar-refractivity contribution in [3.05, 3.63) is 251 Å². The third-order valence-electron chi connectivity index (χ3n) is 18.7. The molecule has 536 valence electrons. The van der Waals surface area contributed by atoms with Gasteiger partial charge in [-0.25, -0.2) is 0 Å². The van der Waals surface area contributed by atoms with E-state index in [0.29, 0.717) is 55.5 Å². The molecule has 16 nitrogen and oxygen atoms in total. The normalized spacial score (nSPS) is 13.8. The highest BCUT2D eigenvalue weighted by Gasteiger charge is 2.24. The van der Waals surface area contributed by atoms with Gasteiger partial charge in [0.05, 0.1) is 11.5 Å². The van der Waals surface area contributed by atoms with Crippen molar-refractivity contribution in [2.45, 2.75) is 115 Å². The number of nitrogens with two attached hydrogens (primary N) is 1.